The molecule has 0 saturated heterocycles. The Hall–Kier alpha value is -2.08. The van der Waals surface area contributed by atoms with E-state index in [0.29, 0.717) is 18.8 Å². The molecule has 0 N–H and O–H groups in total. The average Bonchev–Trinajstić information content (AvgIpc) is 2.95. The van der Waals surface area contributed by atoms with Crippen LogP contribution in [0.3, 0.4) is 0 Å². The molecule has 0 atom stereocenters. The average molecular weight is 359 g/mol. The number of aryl methyl sites for hydroxylation is 2. The van der Waals surface area contributed by atoms with Crippen molar-refractivity contribution in [1.82, 2.24) is 19.7 Å². The van der Waals surface area contributed by atoms with Crippen LogP contribution in [0.1, 0.15) is 30.3 Å². The molecule has 0 aliphatic carbocycles. The lowest BCUT2D eigenvalue weighted by molar-refractivity contribution is -0.129. The van der Waals surface area contributed by atoms with Crippen LogP contribution in [0, 0.1) is 13.8 Å². The van der Waals surface area contributed by atoms with Crippen molar-refractivity contribution in [2.75, 3.05) is 12.3 Å². The minimum Gasteiger partial charge on any atom is -0.338 e. The van der Waals surface area contributed by atoms with Crippen LogP contribution in [0.5, 0.6) is 0 Å². The van der Waals surface area contributed by atoms with E-state index in [2.05, 4.69) is 54.9 Å². The first-order valence-electron chi connectivity index (χ1n) is 8.52. The molecular formula is C19H26N4OS. The maximum absolute atomic E-state index is 12.7. The number of thioether (sulfide) groups is 1. The van der Waals surface area contributed by atoms with Crippen molar-refractivity contribution in [3.63, 3.8) is 0 Å². The van der Waals surface area contributed by atoms with Crippen molar-refractivity contribution < 1.29 is 4.79 Å². The monoisotopic (exact) mass is 358 g/mol. The summed E-state index contributed by atoms with van der Waals surface area (Å²) >= 11 is 1.43. The van der Waals surface area contributed by atoms with Gasteiger partial charge in [0.2, 0.25) is 5.91 Å². The maximum atomic E-state index is 12.7. The van der Waals surface area contributed by atoms with Gasteiger partial charge in [0.05, 0.1) is 5.75 Å². The first-order chi connectivity index (χ1) is 12.0. The summed E-state index contributed by atoms with van der Waals surface area (Å²) in [5.74, 6) is 1.32. The summed E-state index contributed by atoms with van der Waals surface area (Å²) in [5.41, 5.74) is 2.38. The van der Waals surface area contributed by atoms with Crippen LogP contribution in [0.2, 0.25) is 0 Å². The highest BCUT2D eigenvalue weighted by atomic mass is 32.2. The fraction of sp³-hybridized carbons (Fsp3) is 0.421. The highest BCUT2D eigenvalue weighted by Crippen LogP contribution is 2.18. The van der Waals surface area contributed by atoms with Crippen LogP contribution in [0.25, 0.3) is 0 Å². The molecule has 0 saturated carbocycles. The van der Waals surface area contributed by atoms with Crippen LogP contribution in [-0.2, 0) is 17.9 Å². The maximum Gasteiger partial charge on any atom is 0.233 e. The number of benzene rings is 1. The summed E-state index contributed by atoms with van der Waals surface area (Å²) in [6.07, 6.45) is 2.75. The van der Waals surface area contributed by atoms with E-state index in [1.165, 1.54) is 17.3 Å². The summed E-state index contributed by atoms with van der Waals surface area (Å²) in [5, 5.41) is 9.01. The van der Waals surface area contributed by atoms with Gasteiger partial charge < -0.3 is 9.47 Å². The van der Waals surface area contributed by atoms with Crippen molar-refractivity contribution >= 4 is 17.7 Å². The number of hydrogen-bond donors (Lipinski definition) is 0. The van der Waals surface area contributed by atoms with Crippen molar-refractivity contribution in [3.05, 3.63) is 53.9 Å². The molecule has 0 bridgehead atoms. The Labute approximate surface area is 154 Å². The second-order valence-electron chi connectivity index (χ2n) is 6.02. The van der Waals surface area contributed by atoms with Crippen LogP contribution >= 0.6 is 11.8 Å². The summed E-state index contributed by atoms with van der Waals surface area (Å²) < 4.78 is 1.97. The Bertz CT molecular complexity index is 709. The lowest BCUT2D eigenvalue weighted by Gasteiger charge is -2.22. The lowest BCUT2D eigenvalue weighted by atomic mass is 10.1. The number of aromatic nitrogens is 3. The Morgan fingerprint density at radius 2 is 2.00 bits per heavy atom. The van der Waals surface area contributed by atoms with Gasteiger partial charge in [0, 0.05) is 19.6 Å². The van der Waals surface area contributed by atoms with E-state index in [4.69, 9.17) is 0 Å². The highest BCUT2D eigenvalue weighted by Gasteiger charge is 2.16. The second kappa shape index (κ2) is 9.42. The summed E-state index contributed by atoms with van der Waals surface area (Å²) in [7, 11) is 0. The van der Waals surface area contributed by atoms with Gasteiger partial charge in [0.25, 0.3) is 0 Å². The molecular weight excluding hydrogens is 332 g/mol. The normalized spacial score (nSPS) is 10.7. The molecule has 6 heteroatoms. The standard InChI is InChI=1S/C19H26N4OS/c1-5-11-22(13-17-9-7-15(3)8-10-17)18(24)14-25-19-21-20-16(4)23(19)12-6-2/h6-10H,2,5,11-14H2,1,3-4H3. The molecule has 1 heterocycles. The third-order valence-electron chi connectivity index (χ3n) is 3.88. The molecule has 0 unspecified atom stereocenters. The largest absolute Gasteiger partial charge is 0.338 e. The van der Waals surface area contributed by atoms with E-state index in [1.807, 2.05) is 22.5 Å². The molecule has 1 amide bonds. The summed E-state index contributed by atoms with van der Waals surface area (Å²) in [6.45, 7) is 11.9. The van der Waals surface area contributed by atoms with E-state index in [-0.39, 0.29) is 5.91 Å². The van der Waals surface area contributed by atoms with E-state index in [9.17, 15) is 4.79 Å². The molecule has 25 heavy (non-hydrogen) atoms. The minimum atomic E-state index is 0.123. The highest BCUT2D eigenvalue weighted by molar-refractivity contribution is 7.99. The number of amides is 1. The van der Waals surface area contributed by atoms with Gasteiger partial charge in [-0.05, 0) is 25.8 Å². The molecule has 1 aromatic heterocycles. The third-order valence-corrected chi connectivity index (χ3v) is 4.83. The minimum absolute atomic E-state index is 0.123. The molecule has 1 aromatic carbocycles. The van der Waals surface area contributed by atoms with Gasteiger partial charge in [-0.15, -0.1) is 16.8 Å². The molecule has 0 fully saturated rings. The Balaban J connectivity index is 2.00. The first kappa shape index (κ1) is 19.2. The third kappa shape index (κ3) is 5.46. The number of hydrogen-bond acceptors (Lipinski definition) is 4. The molecule has 0 radical (unpaired) electrons. The fourth-order valence-corrected chi connectivity index (χ4v) is 3.40. The second-order valence-corrected chi connectivity index (χ2v) is 6.96. The quantitative estimate of drug-likeness (QED) is 0.507. The van der Waals surface area contributed by atoms with Gasteiger partial charge in [-0.1, -0.05) is 54.6 Å². The number of nitrogens with zero attached hydrogens (tertiary/aromatic N) is 4. The molecule has 0 aliphatic rings. The SMILES string of the molecule is C=CCn1c(C)nnc1SCC(=O)N(CCC)Cc1ccc(C)cc1. The lowest BCUT2D eigenvalue weighted by Crippen LogP contribution is -2.32. The zero-order valence-electron chi connectivity index (χ0n) is 15.2. The van der Waals surface area contributed by atoms with Crippen LogP contribution < -0.4 is 0 Å². The van der Waals surface area contributed by atoms with Crippen LogP contribution in [0.4, 0.5) is 0 Å². The predicted octanol–water partition coefficient (Wildman–Crippen LogP) is 3.61. The first-order valence-corrected chi connectivity index (χ1v) is 9.50. The fourth-order valence-electron chi connectivity index (χ4n) is 2.50. The topological polar surface area (TPSA) is 51.0 Å². The summed E-state index contributed by atoms with van der Waals surface area (Å²) in [6, 6.07) is 8.34. The molecule has 0 spiro atoms. The van der Waals surface area contributed by atoms with Crippen molar-refractivity contribution in [1.29, 1.82) is 0 Å². The molecule has 5 nitrogen and oxygen atoms in total. The smallest absolute Gasteiger partial charge is 0.233 e. The zero-order chi connectivity index (χ0) is 18.2. The van der Waals surface area contributed by atoms with E-state index in [1.54, 1.807) is 0 Å². The Morgan fingerprint density at radius 1 is 1.28 bits per heavy atom. The van der Waals surface area contributed by atoms with Gasteiger partial charge in [-0.2, -0.15) is 0 Å². The van der Waals surface area contributed by atoms with Crippen LogP contribution in [0.15, 0.2) is 42.1 Å². The van der Waals surface area contributed by atoms with Gasteiger partial charge >= 0.3 is 0 Å². The molecule has 2 aromatic rings. The van der Waals surface area contributed by atoms with Gasteiger partial charge in [0.1, 0.15) is 5.82 Å². The Kier molecular flexibility index (Phi) is 7.25. The number of carbonyl (C=O) groups excluding carboxylic acids is 1. The van der Waals surface area contributed by atoms with Gasteiger partial charge in [-0.25, -0.2) is 0 Å². The van der Waals surface area contributed by atoms with Gasteiger partial charge in [-0.3, -0.25) is 4.79 Å². The van der Waals surface area contributed by atoms with Gasteiger partial charge in [0.15, 0.2) is 5.16 Å². The van der Waals surface area contributed by atoms with Crippen molar-refractivity contribution in [2.45, 2.75) is 45.4 Å². The van der Waals surface area contributed by atoms with Crippen molar-refractivity contribution in [3.8, 4) is 0 Å². The Morgan fingerprint density at radius 3 is 2.64 bits per heavy atom. The van der Waals surface area contributed by atoms with E-state index < -0.39 is 0 Å². The number of allylic oxidation sites excluding steroid dienone is 1. The van der Waals surface area contributed by atoms with E-state index >= 15 is 0 Å². The zero-order valence-corrected chi connectivity index (χ0v) is 16.1. The van der Waals surface area contributed by atoms with Crippen molar-refractivity contribution in [2.24, 2.45) is 0 Å². The van der Waals surface area contributed by atoms with Crippen LogP contribution in [-0.4, -0.2) is 37.9 Å². The van der Waals surface area contributed by atoms with E-state index in [0.717, 1.165) is 29.5 Å². The summed E-state index contributed by atoms with van der Waals surface area (Å²) in [4.78, 5) is 14.6. The number of carbonyl (C=O) groups is 1. The number of rotatable bonds is 9. The molecule has 134 valence electrons. The molecule has 2 rings (SSSR count). The predicted molar refractivity (Wildman–Crippen MR) is 103 cm³/mol. The molecule has 0 aliphatic heterocycles.